The molecule has 2 aromatic carbocycles. The van der Waals surface area contributed by atoms with E-state index in [1.807, 2.05) is 0 Å². The largest absolute Gasteiger partial charge is 0.461 e. The van der Waals surface area contributed by atoms with Crippen molar-refractivity contribution in [3.8, 4) is 29.6 Å². The van der Waals surface area contributed by atoms with Crippen LogP contribution in [0.25, 0.3) is 32.9 Å². The summed E-state index contributed by atoms with van der Waals surface area (Å²) in [5, 5.41) is 12.3. The number of anilines is 1. The van der Waals surface area contributed by atoms with Gasteiger partial charge in [-0.25, -0.2) is 8.78 Å². The number of fused-ring (bicyclic) bond motifs is 3. The summed E-state index contributed by atoms with van der Waals surface area (Å²) in [6, 6.07) is 6.02. The zero-order chi connectivity index (χ0) is 37.9. The molecule has 1 amide bonds. The molecule has 1 unspecified atom stereocenters. The molecule has 0 spiro atoms. The Morgan fingerprint density at radius 3 is 2.55 bits per heavy atom. The fourth-order valence-electron chi connectivity index (χ4n) is 8.87. The molecule has 278 valence electrons. The van der Waals surface area contributed by atoms with Gasteiger partial charge in [0.25, 0.3) is 0 Å². The summed E-state index contributed by atoms with van der Waals surface area (Å²) >= 11 is 0. The molecule has 11 heteroatoms. The Kier molecular flexibility index (Phi) is 9.44. The second-order valence-electron chi connectivity index (χ2n) is 16.2. The zero-order valence-corrected chi connectivity index (χ0v) is 31.3. The van der Waals surface area contributed by atoms with Crippen LogP contribution in [-0.2, 0) is 10.4 Å². The van der Waals surface area contributed by atoms with Gasteiger partial charge in [0.05, 0.1) is 28.1 Å². The van der Waals surface area contributed by atoms with Gasteiger partial charge in [0.2, 0.25) is 5.91 Å². The Morgan fingerprint density at radius 2 is 1.87 bits per heavy atom. The molecule has 0 aliphatic carbocycles. The smallest absolute Gasteiger partial charge is 0.319 e. The average Bonchev–Trinajstić information content (AvgIpc) is 3.67. The van der Waals surface area contributed by atoms with E-state index in [0.29, 0.717) is 47.2 Å². The molecule has 3 aliphatic rings. The molecule has 1 N–H and O–H groups in total. The molecule has 53 heavy (non-hydrogen) atoms. The van der Waals surface area contributed by atoms with Crippen LogP contribution in [0.1, 0.15) is 77.3 Å². The lowest BCUT2D eigenvalue weighted by molar-refractivity contribution is -0.128. The lowest BCUT2D eigenvalue weighted by Crippen LogP contribution is -2.50. The van der Waals surface area contributed by atoms with E-state index in [4.69, 9.17) is 21.1 Å². The van der Waals surface area contributed by atoms with Gasteiger partial charge in [-0.15, -0.1) is 6.42 Å². The lowest BCUT2D eigenvalue weighted by Gasteiger charge is -2.40. The van der Waals surface area contributed by atoms with Gasteiger partial charge < -0.3 is 19.6 Å². The van der Waals surface area contributed by atoms with E-state index in [-0.39, 0.29) is 51.3 Å². The molecule has 5 heterocycles. The van der Waals surface area contributed by atoms with E-state index in [9.17, 15) is 9.90 Å². The number of aromatic nitrogens is 3. The van der Waals surface area contributed by atoms with Crippen molar-refractivity contribution in [2.75, 3.05) is 44.7 Å². The third kappa shape index (κ3) is 6.50. The van der Waals surface area contributed by atoms with Crippen molar-refractivity contribution in [3.05, 3.63) is 65.9 Å². The average molecular weight is 723 g/mol. The summed E-state index contributed by atoms with van der Waals surface area (Å²) in [5.74, 6) is 1.36. The summed E-state index contributed by atoms with van der Waals surface area (Å²) in [7, 11) is 1.79. The molecule has 3 fully saturated rings. The number of terminal acetylenes is 1. The van der Waals surface area contributed by atoms with Crippen LogP contribution in [0.2, 0.25) is 0 Å². The first-order valence-electron chi connectivity index (χ1n) is 18.5. The highest BCUT2D eigenvalue weighted by Crippen LogP contribution is 2.42. The van der Waals surface area contributed by atoms with Gasteiger partial charge in [-0.05, 0) is 106 Å². The predicted molar refractivity (Wildman–Crippen MR) is 204 cm³/mol. The number of ether oxygens (including phenoxy) is 1. The van der Waals surface area contributed by atoms with Crippen molar-refractivity contribution in [1.82, 2.24) is 24.8 Å². The number of halogens is 2. The van der Waals surface area contributed by atoms with Crippen LogP contribution in [0.4, 0.5) is 14.6 Å². The maximum absolute atomic E-state index is 17.4. The number of hydrogen-bond donors (Lipinski definition) is 1. The van der Waals surface area contributed by atoms with E-state index in [1.165, 1.54) is 12.1 Å². The lowest BCUT2D eigenvalue weighted by atomic mass is 9.80. The molecule has 0 saturated carbocycles. The Hall–Kier alpha value is -4.66. The van der Waals surface area contributed by atoms with E-state index >= 15 is 8.78 Å². The predicted octanol–water partition coefficient (Wildman–Crippen LogP) is 6.98. The number of hydrogen-bond acceptors (Lipinski definition) is 8. The number of carbonyl (C=O) groups excluding carboxylic acids is 1. The van der Waals surface area contributed by atoms with Gasteiger partial charge in [0, 0.05) is 37.3 Å². The maximum Gasteiger partial charge on any atom is 0.319 e. The molecule has 9 nitrogen and oxygen atoms in total. The molecule has 4 aromatic rings. The second-order valence-corrected chi connectivity index (χ2v) is 16.2. The summed E-state index contributed by atoms with van der Waals surface area (Å²) in [6.45, 7) is 14.7. The van der Waals surface area contributed by atoms with Crippen LogP contribution in [0.15, 0.2) is 43.1 Å². The molecule has 3 aliphatic heterocycles. The van der Waals surface area contributed by atoms with Gasteiger partial charge in [-0.1, -0.05) is 32.4 Å². The topological polar surface area (TPSA) is 94.9 Å². The maximum atomic E-state index is 17.4. The van der Waals surface area contributed by atoms with Crippen LogP contribution >= 0.6 is 0 Å². The first-order chi connectivity index (χ1) is 25.2. The summed E-state index contributed by atoms with van der Waals surface area (Å²) in [6.07, 6.45) is 14.6. The van der Waals surface area contributed by atoms with Gasteiger partial charge in [-0.3, -0.25) is 14.7 Å². The number of benzene rings is 2. The molecule has 1 atom stereocenters. The van der Waals surface area contributed by atoms with E-state index in [1.54, 1.807) is 50.2 Å². The minimum absolute atomic E-state index is 0.00162. The minimum atomic E-state index is -1.30. The molecule has 3 saturated heterocycles. The van der Waals surface area contributed by atoms with Crippen LogP contribution in [-0.4, -0.2) is 87.2 Å². The van der Waals surface area contributed by atoms with E-state index < -0.39 is 17.2 Å². The highest BCUT2D eigenvalue weighted by molar-refractivity contribution is 6.02. The van der Waals surface area contributed by atoms with Crippen LogP contribution in [0.5, 0.6) is 6.01 Å². The molecular formula is C42H48F2N6O3. The van der Waals surface area contributed by atoms with Crippen molar-refractivity contribution in [1.29, 1.82) is 0 Å². The van der Waals surface area contributed by atoms with Crippen molar-refractivity contribution in [2.24, 2.45) is 5.41 Å². The number of amides is 1. The summed E-state index contributed by atoms with van der Waals surface area (Å²) in [4.78, 5) is 33.5. The van der Waals surface area contributed by atoms with Crippen molar-refractivity contribution >= 4 is 33.4 Å². The monoisotopic (exact) mass is 722 g/mol. The normalized spacial score (nSPS) is 19.9. The number of carbonyl (C=O) groups is 1. The second kappa shape index (κ2) is 13.6. The Morgan fingerprint density at radius 1 is 1.15 bits per heavy atom. The first kappa shape index (κ1) is 36.7. The van der Waals surface area contributed by atoms with Gasteiger partial charge in [0.15, 0.2) is 5.82 Å². The fraction of sp³-hybridized carbons (Fsp3) is 0.476. The van der Waals surface area contributed by atoms with Crippen molar-refractivity contribution in [2.45, 2.75) is 83.4 Å². The number of aliphatic hydroxyl groups is 1. The quantitative estimate of drug-likeness (QED) is 0.154. The highest BCUT2D eigenvalue weighted by atomic mass is 19.1. The van der Waals surface area contributed by atoms with Gasteiger partial charge in [-0.2, -0.15) is 9.97 Å². The van der Waals surface area contributed by atoms with Crippen LogP contribution < -0.4 is 9.64 Å². The number of likely N-dealkylation sites (N-methyl/N-ethyl adjacent to an activating group) is 1. The van der Waals surface area contributed by atoms with Crippen molar-refractivity contribution < 1.29 is 23.4 Å². The standard InChI is InChI=1S/C42H48F2N6O3/c1-8-28-31(43)14-13-26-21-27(41(5,6)52)22-29(34(26)28)36-35(44)37-30(23-45-36)38(47-39(46-37)53-25-42-16-11-19-50(42)20-12-17-42)49-18-10-15-40(3,4)32(24-49)48(7)33(51)9-2/h1,9,13-14,21-23,32,52H,2,10-12,15-20,24-25H2,3-7H3. The fourth-order valence-corrected chi connectivity index (χ4v) is 8.87. The molecule has 0 bridgehead atoms. The first-order valence-corrected chi connectivity index (χ1v) is 18.5. The summed E-state index contributed by atoms with van der Waals surface area (Å²) < 4.78 is 39.0. The number of pyridine rings is 1. The van der Waals surface area contributed by atoms with Crippen LogP contribution in [0.3, 0.4) is 0 Å². The molecule has 7 rings (SSSR count). The Balaban J connectivity index is 1.42. The third-order valence-electron chi connectivity index (χ3n) is 11.9. The Bertz CT molecular complexity index is 2150. The Labute approximate surface area is 310 Å². The highest BCUT2D eigenvalue weighted by Gasteiger charge is 2.45. The van der Waals surface area contributed by atoms with E-state index in [0.717, 1.165) is 51.6 Å². The zero-order valence-electron chi connectivity index (χ0n) is 31.3. The molecule has 2 aromatic heterocycles. The third-order valence-corrected chi connectivity index (χ3v) is 11.9. The van der Waals surface area contributed by atoms with Gasteiger partial charge >= 0.3 is 6.01 Å². The number of nitrogens with zero attached hydrogens (tertiary/aromatic N) is 6. The number of rotatable bonds is 8. The SMILES string of the molecule is C#Cc1c(F)ccc2cc(C(C)(C)O)cc(-c3ncc4c(N5CCCC(C)(C)C(N(C)C(=O)C=C)C5)nc(OCC56CCCN5CCC6)nc4c3F)c12. The van der Waals surface area contributed by atoms with Crippen LogP contribution in [0, 0.1) is 29.4 Å². The van der Waals surface area contributed by atoms with Gasteiger partial charge in [0.1, 0.15) is 29.5 Å². The van der Waals surface area contributed by atoms with Crippen molar-refractivity contribution in [3.63, 3.8) is 0 Å². The summed E-state index contributed by atoms with van der Waals surface area (Å²) in [5.41, 5.74) is -1.03. The molecule has 0 radical (unpaired) electrons. The minimum Gasteiger partial charge on any atom is -0.461 e. The molecular weight excluding hydrogens is 674 g/mol. The van der Waals surface area contributed by atoms with E-state index in [2.05, 4.69) is 41.1 Å².